The van der Waals surface area contributed by atoms with E-state index >= 15 is 0 Å². The Bertz CT molecular complexity index is 1550. The van der Waals surface area contributed by atoms with E-state index in [0.29, 0.717) is 23.4 Å². The maximum absolute atomic E-state index is 13.4. The molecule has 0 aliphatic rings. The normalized spacial score (nSPS) is 11.8. The summed E-state index contributed by atoms with van der Waals surface area (Å²) in [6, 6.07) is 13.9. The number of hydrogen-bond donors (Lipinski definition) is 0. The summed E-state index contributed by atoms with van der Waals surface area (Å²) in [7, 11) is 0. The van der Waals surface area contributed by atoms with Gasteiger partial charge in [0.05, 0.1) is 12.0 Å². The molecule has 35 heavy (non-hydrogen) atoms. The van der Waals surface area contributed by atoms with Crippen LogP contribution in [0.25, 0.3) is 16.7 Å². The van der Waals surface area contributed by atoms with E-state index in [0.717, 1.165) is 24.8 Å². The lowest BCUT2D eigenvalue weighted by molar-refractivity contribution is 0.0523. The van der Waals surface area contributed by atoms with Crippen LogP contribution in [0.2, 0.25) is 0 Å². The van der Waals surface area contributed by atoms with Gasteiger partial charge in [-0.25, -0.2) is 9.78 Å². The number of carbonyl (C=O) groups excluding carboxylic acids is 2. The van der Waals surface area contributed by atoms with E-state index in [2.05, 4.69) is 11.9 Å². The number of amides is 1. The van der Waals surface area contributed by atoms with Crippen molar-refractivity contribution in [2.45, 2.75) is 46.6 Å². The van der Waals surface area contributed by atoms with E-state index in [1.54, 1.807) is 48.0 Å². The highest BCUT2D eigenvalue weighted by Gasteiger charge is 2.20. The molecule has 3 heterocycles. The minimum absolute atomic E-state index is 0.0626. The lowest BCUT2D eigenvalue weighted by Crippen LogP contribution is -2.33. The molecule has 0 N–H and O–H groups in total. The summed E-state index contributed by atoms with van der Waals surface area (Å²) in [5.74, 6) is -1.12. The van der Waals surface area contributed by atoms with E-state index in [1.807, 2.05) is 19.1 Å². The molecule has 3 aromatic heterocycles. The van der Waals surface area contributed by atoms with Crippen LogP contribution in [-0.4, -0.2) is 32.4 Å². The van der Waals surface area contributed by atoms with Gasteiger partial charge < -0.3 is 9.30 Å². The number of rotatable bonds is 7. The minimum Gasteiger partial charge on any atom is -0.462 e. The van der Waals surface area contributed by atoms with Crippen LogP contribution in [0.5, 0.6) is 0 Å². The monoisotopic (exact) mass is 472 g/mol. The fourth-order valence-corrected chi connectivity index (χ4v) is 4.06. The predicted octanol–water partition coefficient (Wildman–Crippen LogP) is 4.07. The Morgan fingerprint density at radius 2 is 1.80 bits per heavy atom. The highest BCUT2D eigenvalue weighted by molar-refractivity contribution is 5.98. The average molecular weight is 473 g/mol. The van der Waals surface area contributed by atoms with Crippen LogP contribution in [0.1, 0.15) is 59.4 Å². The van der Waals surface area contributed by atoms with Gasteiger partial charge in [0.2, 0.25) is 0 Å². The van der Waals surface area contributed by atoms with Gasteiger partial charge in [-0.05, 0) is 50.1 Å². The summed E-state index contributed by atoms with van der Waals surface area (Å²) < 4.78 is 8.43. The Hall–Kier alpha value is -4.07. The standard InChI is InChI=1S/C27H28N4O4/c1-4-6-10-16-31-23-20(26(33)30-15-11-9-14-22(30)28-23)17-21(27(34)35-5-2)24(31)29-25(32)19-13-8-7-12-18(19)3/h7-9,11-15,17H,4-6,10,16H2,1-3H3. The first-order valence-corrected chi connectivity index (χ1v) is 11.8. The maximum atomic E-state index is 13.4. The van der Waals surface area contributed by atoms with Crippen molar-refractivity contribution in [3.8, 4) is 0 Å². The SMILES string of the molecule is CCCCCn1c(=NC(=O)c2ccccc2C)c(C(=O)OCC)cc2c(=O)n3ccccc3nc21. The Labute approximate surface area is 202 Å². The van der Waals surface area contributed by atoms with Gasteiger partial charge in [-0.15, -0.1) is 0 Å². The zero-order valence-corrected chi connectivity index (χ0v) is 20.2. The molecular formula is C27H28N4O4. The number of nitrogens with zero attached hydrogens (tertiary/aromatic N) is 4. The number of pyridine rings is 2. The molecule has 0 aliphatic carbocycles. The van der Waals surface area contributed by atoms with Crippen molar-refractivity contribution in [3.63, 3.8) is 0 Å². The van der Waals surface area contributed by atoms with Crippen LogP contribution in [0.4, 0.5) is 0 Å². The number of aryl methyl sites for hydroxylation is 2. The van der Waals surface area contributed by atoms with Crippen molar-refractivity contribution >= 4 is 28.6 Å². The summed E-state index contributed by atoms with van der Waals surface area (Å²) in [6.07, 6.45) is 4.30. The first kappa shape index (κ1) is 24.1. The largest absolute Gasteiger partial charge is 0.462 e. The molecule has 0 saturated heterocycles. The second-order valence-corrected chi connectivity index (χ2v) is 8.28. The van der Waals surface area contributed by atoms with Gasteiger partial charge in [0.15, 0.2) is 5.49 Å². The van der Waals surface area contributed by atoms with E-state index in [-0.39, 0.29) is 28.6 Å². The van der Waals surface area contributed by atoms with Gasteiger partial charge in [0.25, 0.3) is 11.5 Å². The molecule has 0 saturated carbocycles. The zero-order chi connectivity index (χ0) is 24.9. The van der Waals surface area contributed by atoms with Crippen molar-refractivity contribution in [2.75, 3.05) is 6.61 Å². The summed E-state index contributed by atoms with van der Waals surface area (Å²) in [4.78, 5) is 48.8. The van der Waals surface area contributed by atoms with Crippen molar-refractivity contribution in [1.29, 1.82) is 0 Å². The van der Waals surface area contributed by atoms with Gasteiger partial charge in [-0.1, -0.05) is 44.0 Å². The lowest BCUT2D eigenvalue weighted by Gasteiger charge is -2.15. The molecule has 8 nitrogen and oxygen atoms in total. The minimum atomic E-state index is -0.646. The highest BCUT2D eigenvalue weighted by Crippen LogP contribution is 2.14. The predicted molar refractivity (Wildman–Crippen MR) is 134 cm³/mol. The molecule has 8 heteroatoms. The van der Waals surface area contributed by atoms with Crippen molar-refractivity contribution in [2.24, 2.45) is 4.99 Å². The Morgan fingerprint density at radius 1 is 1.03 bits per heavy atom. The molecule has 0 aliphatic heterocycles. The van der Waals surface area contributed by atoms with Crippen molar-refractivity contribution in [3.05, 3.63) is 87.3 Å². The molecule has 1 amide bonds. The van der Waals surface area contributed by atoms with Crippen molar-refractivity contribution in [1.82, 2.24) is 14.0 Å². The van der Waals surface area contributed by atoms with Gasteiger partial charge in [0, 0.05) is 18.3 Å². The number of fused-ring (bicyclic) bond motifs is 2. The molecule has 0 atom stereocenters. The molecule has 0 radical (unpaired) electrons. The topological polar surface area (TPSA) is 95.0 Å². The van der Waals surface area contributed by atoms with E-state index in [1.165, 1.54) is 10.5 Å². The summed E-state index contributed by atoms with van der Waals surface area (Å²) in [5.41, 5.74) is 1.96. The number of aromatic nitrogens is 3. The fourth-order valence-electron chi connectivity index (χ4n) is 4.06. The number of carbonyl (C=O) groups is 2. The first-order valence-electron chi connectivity index (χ1n) is 11.8. The Balaban J connectivity index is 2.10. The van der Waals surface area contributed by atoms with E-state index < -0.39 is 11.9 Å². The number of ether oxygens (including phenoxy) is 1. The third kappa shape index (κ3) is 4.77. The summed E-state index contributed by atoms with van der Waals surface area (Å²) in [6.45, 7) is 6.20. The Morgan fingerprint density at radius 3 is 2.54 bits per heavy atom. The molecule has 0 bridgehead atoms. The second kappa shape index (κ2) is 10.5. The summed E-state index contributed by atoms with van der Waals surface area (Å²) in [5, 5.41) is 0.260. The van der Waals surface area contributed by atoms with Crippen LogP contribution in [0.3, 0.4) is 0 Å². The van der Waals surface area contributed by atoms with Gasteiger partial charge >= 0.3 is 5.97 Å². The van der Waals surface area contributed by atoms with Gasteiger partial charge in [-0.2, -0.15) is 4.99 Å². The summed E-state index contributed by atoms with van der Waals surface area (Å²) >= 11 is 0. The van der Waals surface area contributed by atoms with E-state index in [9.17, 15) is 14.4 Å². The molecular weight excluding hydrogens is 444 g/mol. The fraction of sp³-hybridized carbons (Fsp3) is 0.296. The van der Waals surface area contributed by atoms with Crippen molar-refractivity contribution < 1.29 is 14.3 Å². The van der Waals surface area contributed by atoms with Gasteiger partial charge in [0.1, 0.15) is 16.9 Å². The number of benzene rings is 1. The highest BCUT2D eigenvalue weighted by atomic mass is 16.5. The van der Waals surface area contributed by atoms with Crippen LogP contribution in [0, 0.1) is 6.92 Å². The smallest absolute Gasteiger partial charge is 0.341 e. The molecule has 4 aromatic rings. The molecule has 1 aromatic carbocycles. The van der Waals surface area contributed by atoms with Crippen LogP contribution < -0.4 is 11.0 Å². The lowest BCUT2D eigenvalue weighted by atomic mass is 10.1. The zero-order valence-electron chi connectivity index (χ0n) is 20.2. The van der Waals surface area contributed by atoms with Crippen LogP contribution in [0.15, 0.2) is 64.5 Å². The average Bonchev–Trinajstić information content (AvgIpc) is 2.85. The van der Waals surface area contributed by atoms with Gasteiger partial charge in [-0.3, -0.25) is 14.0 Å². The molecule has 4 rings (SSSR count). The van der Waals surface area contributed by atoms with Crippen LogP contribution >= 0.6 is 0 Å². The second-order valence-electron chi connectivity index (χ2n) is 8.28. The number of hydrogen-bond acceptors (Lipinski definition) is 5. The number of unbranched alkanes of at least 4 members (excludes halogenated alkanes) is 2. The Kier molecular flexibility index (Phi) is 7.19. The maximum Gasteiger partial charge on any atom is 0.341 e. The quantitative estimate of drug-likeness (QED) is 0.230. The molecule has 0 fully saturated rings. The molecule has 0 spiro atoms. The number of esters is 1. The molecule has 0 unspecified atom stereocenters. The third-order valence-corrected chi connectivity index (χ3v) is 5.85. The third-order valence-electron chi connectivity index (χ3n) is 5.85. The first-order chi connectivity index (χ1) is 17.0. The van der Waals surface area contributed by atoms with E-state index in [4.69, 9.17) is 9.72 Å². The molecule has 180 valence electrons. The van der Waals surface area contributed by atoms with Crippen LogP contribution in [-0.2, 0) is 11.3 Å².